The highest BCUT2D eigenvalue weighted by Gasteiger charge is 2.51. The van der Waals surface area contributed by atoms with E-state index in [1.165, 1.54) is 37.7 Å². The molecule has 30 heavy (non-hydrogen) atoms. The van der Waals surface area contributed by atoms with Crippen LogP contribution in [0.5, 0.6) is 5.88 Å². The van der Waals surface area contributed by atoms with E-state index in [1.807, 2.05) is 23.1 Å². The van der Waals surface area contributed by atoms with Crippen LogP contribution in [0.25, 0.3) is 0 Å². The molecule has 4 aliphatic rings. The average molecular weight is 404 g/mol. The van der Waals surface area contributed by atoms with Gasteiger partial charge in [-0.25, -0.2) is 5.10 Å². The van der Waals surface area contributed by atoms with Crippen molar-refractivity contribution in [2.45, 2.75) is 44.6 Å². The Bertz CT molecular complexity index is 916. The summed E-state index contributed by atoms with van der Waals surface area (Å²) in [7, 11) is 1.76. The molecule has 0 saturated heterocycles. The van der Waals surface area contributed by atoms with Crippen molar-refractivity contribution in [3.63, 3.8) is 0 Å². The van der Waals surface area contributed by atoms with E-state index in [4.69, 9.17) is 4.74 Å². The molecule has 156 valence electrons. The monoisotopic (exact) mass is 403 g/mol. The predicted octanol–water partition coefficient (Wildman–Crippen LogP) is 4.02. The molecule has 4 saturated carbocycles. The predicted molar refractivity (Wildman–Crippen MR) is 115 cm³/mol. The summed E-state index contributed by atoms with van der Waals surface area (Å²) < 4.78 is 6.03. The highest BCUT2D eigenvalue weighted by Crippen LogP contribution is 2.55. The molecule has 0 aliphatic heterocycles. The fourth-order valence-electron chi connectivity index (χ4n) is 6.39. The minimum absolute atomic E-state index is 0.258. The van der Waals surface area contributed by atoms with Gasteiger partial charge in [0, 0.05) is 13.5 Å². The first kappa shape index (κ1) is 19.2. The minimum atomic E-state index is 0.258. The van der Waals surface area contributed by atoms with Crippen molar-refractivity contribution in [1.29, 1.82) is 5.26 Å². The number of benzene rings is 1. The molecular weight excluding hydrogens is 374 g/mol. The van der Waals surface area contributed by atoms with Gasteiger partial charge in [-0.2, -0.15) is 10.4 Å². The second-order valence-electron chi connectivity index (χ2n) is 9.14. The number of hydrogen-bond acceptors (Lipinski definition) is 4. The molecular formula is C24H29N5O. The number of nitrogens with zero attached hydrogens (tertiary/aromatic N) is 4. The molecule has 6 nitrogen and oxygen atoms in total. The lowest BCUT2D eigenvalue weighted by molar-refractivity contribution is -0.0323. The van der Waals surface area contributed by atoms with E-state index in [0.29, 0.717) is 30.2 Å². The average Bonchev–Trinajstić information content (AvgIpc) is 3.21. The third-order valence-corrected chi connectivity index (χ3v) is 7.35. The molecule has 0 unspecified atom stereocenters. The molecule has 4 bridgehead atoms. The Morgan fingerprint density at radius 2 is 1.87 bits per heavy atom. The van der Waals surface area contributed by atoms with E-state index in [9.17, 15) is 5.26 Å². The first-order valence-corrected chi connectivity index (χ1v) is 11.1. The largest absolute Gasteiger partial charge is 0.477 e. The van der Waals surface area contributed by atoms with E-state index in [-0.39, 0.29) is 6.04 Å². The van der Waals surface area contributed by atoms with Crippen LogP contribution in [0.3, 0.4) is 0 Å². The van der Waals surface area contributed by atoms with Crippen LogP contribution in [-0.2, 0) is 6.42 Å². The molecule has 0 radical (unpaired) electrons. The Hall–Kier alpha value is -2.81. The van der Waals surface area contributed by atoms with Crippen LogP contribution < -0.4 is 4.74 Å². The zero-order valence-electron chi connectivity index (χ0n) is 17.5. The highest BCUT2D eigenvalue weighted by molar-refractivity contribution is 6.01. The third-order valence-electron chi connectivity index (χ3n) is 7.35. The first-order valence-electron chi connectivity index (χ1n) is 11.1. The van der Waals surface area contributed by atoms with Gasteiger partial charge in [-0.15, -0.1) is 0 Å². The maximum Gasteiger partial charge on any atom is 0.220 e. The van der Waals surface area contributed by atoms with Gasteiger partial charge in [-0.1, -0.05) is 30.3 Å². The van der Waals surface area contributed by atoms with Gasteiger partial charge in [0.25, 0.3) is 0 Å². The van der Waals surface area contributed by atoms with Gasteiger partial charge in [-0.05, 0) is 61.3 Å². The van der Waals surface area contributed by atoms with Gasteiger partial charge >= 0.3 is 0 Å². The maximum atomic E-state index is 10.2. The zero-order chi connectivity index (χ0) is 20.5. The molecule has 1 aromatic heterocycles. The van der Waals surface area contributed by atoms with E-state index in [1.54, 1.807) is 13.2 Å². The fraction of sp³-hybridized carbons (Fsp3) is 0.542. The van der Waals surface area contributed by atoms with Crippen LogP contribution in [0.15, 0.2) is 41.5 Å². The molecule has 0 spiro atoms. The Morgan fingerprint density at radius 3 is 2.50 bits per heavy atom. The zero-order valence-corrected chi connectivity index (χ0v) is 17.5. The van der Waals surface area contributed by atoms with E-state index >= 15 is 0 Å². The van der Waals surface area contributed by atoms with Crippen molar-refractivity contribution >= 4 is 5.84 Å². The number of aromatic amines is 1. The van der Waals surface area contributed by atoms with Crippen LogP contribution in [-0.4, -0.2) is 40.6 Å². The lowest BCUT2D eigenvalue weighted by Gasteiger charge is -2.56. The molecule has 0 atom stereocenters. The van der Waals surface area contributed by atoms with Gasteiger partial charge in [0.2, 0.25) is 5.88 Å². The summed E-state index contributed by atoms with van der Waals surface area (Å²) in [4.78, 5) is 6.42. The summed E-state index contributed by atoms with van der Waals surface area (Å²) in [6.07, 6.45) is 11.5. The molecule has 4 fully saturated rings. The number of nitriles is 1. The normalized spacial score (nSPS) is 29.6. The van der Waals surface area contributed by atoms with Gasteiger partial charge in [0.1, 0.15) is 0 Å². The topological polar surface area (TPSA) is 77.3 Å². The lowest BCUT2D eigenvalue weighted by Crippen LogP contribution is -2.56. The Kier molecular flexibility index (Phi) is 5.20. The van der Waals surface area contributed by atoms with Crippen LogP contribution in [0.1, 0.15) is 43.2 Å². The first-order chi connectivity index (χ1) is 14.8. The highest BCUT2D eigenvalue weighted by atomic mass is 16.5. The van der Waals surface area contributed by atoms with E-state index in [0.717, 1.165) is 23.8 Å². The van der Waals surface area contributed by atoms with Gasteiger partial charge < -0.3 is 4.74 Å². The third kappa shape index (κ3) is 3.47. The van der Waals surface area contributed by atoms with Crippen molar-refractivity contribution in [2.24, 2.45) is 28.7 Å². The molecule has 6 heteroatoms. The fourth-order valence-corrected chi connectivity index (χ4v) is 6.39. The van der Waals surface area contributed by atoms with E-state index < -0.39 is 0 Å². The van der Waals surface area contributed by atoms with Crippen LogP contribution >= 0.6 is 0 Å². The molecule has 2 aromatic rings. The molecule has 0 amide bonds. The quantitative estimate of drug-likeness (QED) is 0.342. The van der Waals surface area contributed by atoms with Crippen LogP contribution in [0, 0.1) is 35.1 Å². The molecule has 6 rings (SSSR count). The van der Waals surface area contributed by atoms with Gasteiger partial charge in [0.05, 0.1) is 24.4 Å². The van der Waals surface area contributed by atoms with Crippen molar-refractivity contribution in [2.75, 3.05) is 13.7 Å². The molecule has 1 aromatic carbocycles. The molecule has 1 heterocycles. The van der Waals surface area contributed by atoms with Gasteiger partial charge in [0.15, 0.2) is 12.0 Å². The number of amidine groups is 1. The number of H-pyrrole nitrogens is 1. The summed E-state index contributed by atoms with van der Waals surface area (Å²) >= 11 is 0. The molecule has 4 aliphatic carbocycles. The summed E-state index contributed by atoms with van der Waals surface area (Å²) in [6, 6.07) is 10.5. The summed E-state index contributed by atoms with van der Waals surface area (Å²) in [5, 5.41) is 17.3. The standard InChI is InChI=1S/C24H29N5O/c1-26-23(21-14-27-28-24(21)30-8-7-16-5-3-2-4-6-16)29(15-25)22-19-10-17-9-18(12-19)13-20(22)11-17/h2-6,14,17-20,22H,7-13H2,1H3,(H,27,28). The SMILES string of the molecule is CN=C(c1cn[nH]c1OCCc1ccccc1)N(C#N)C1C2CC3CC(C2)CC1C3. The number of aromatic nitrogens is 2. The maximum absolute atomic E-state index is 10.2. The Morgan fingerprint density at radius 1 is 1.17 bits per heavy atom. The number of rotatable bonds is 6. The van der Waals surface area contributed by atoms with Crippen molar-refractivity contribution in [3.8, 4) is 12.1 Å². The Labute approximate surface area is 178 Å². The number of ether oxygens (including phenoxy) is 1. The van der Waals surface area contributed by atoms with Crippen LogP contribution in [0.4, 0.5) is 0 Å². The second kappa shape index (κ2) is 8.14. The Balaban J connectivity index is 1.33. The number of hydrogen-bond donors (Lipinski definition) is 1. The summed E-state index contributed by atoms with van der Waals surface area (Å²) in [5.41, 5.74) is 2.01. The van der Waals surface area contributed by atoms with Crippen LogP contribution in [0.2, 0.25) is 0 Å². The van der Waals surface area contributed by atoms with Gasteiger partial charge in [-0.3, -0.25) is 9.89 Å². The summed E-state index contributed by atoms with van der Waals surface area (Å²) in [6.45, 7) is 0.542. The smallest absolute Gasteiger partial charge is 0.220 e. The summed E-state index contributed by atoms with van der Waals surface area (Å²) in [5.74, 6) is 4.22. The second-order valence-corrected chi connectivity index (χ2v) is 9.14. The van der Waals surface area contributed by atoms with Crippen molar-refractivity contribution in [3.05, 3.63) is 47.7 Å². The lowest BCUT2D eigenvalue weighted by atomic mass is 9.54. The van der Waals surface area contributed by atoms with E-state index in [2.05, 4.69) is 33.5 Å². The van der Waals surface area contributed by atoms with Crippen molar-refractivity contribution in [1.82, 2.24) is 15.1 Å². The minimum Gasteiger partial charge on any atom is -0.477 e. The van der Waals surface area contributed by atoms with Crippen molar-refractivity contribution < 1.29 is 4.74 Å². The number of aliphatic imine (C=N–C) groups is 1. The number of nitrogens with one attached hydrogen (secondary N) is 1. The molecule has 1 N–H and O–H groups in total.